The molecule has 0 aromatic carbocycles. The lowest BCUT2D eigenvalue weighted by Crippen LogP contribution is -2.65. The first-order valence-corrected chi connectivity index (χ1v) is 10.3. The van der Waals surface area contributed by atoms with Crippen molar-refractivity contribution in [3.8, 4) is 0 Å². The molecule has 1 aliphatic heterocycles. The summed E-state index contributed by atoms with van der Waals surface area (Å²) in [7, 11) is -2.55. The molecule has 1 rings (SSSR count). The van der Waals surface area contributed by atoms with E-state index in [1.807, 2.05) is 33.9 Å². The van der Waals surface area contributed by atoms with Crippen LogP contribution in [-0.2, 0) is 18.8 Å². The summed E-state index contributed by atoms with van der Waals surface area (Å²) in [4.78, 5) is 22.7. The molecule has 0 spiro atoms. The maximum Gasteiger partial charge on any atom is 0.379 e. The predicted octanol–water partition coefficient (Wildman–Crippen LogP) is 2.46. The molecule has 1 amide bonds. The number of hydrogen-bond donors (Lipinski definition) is 1. The van der Waals surface area contributed by atoms with Crippen molar-refractivity contribution < 1.29 is 27.5 Å². The van der Waals surface area contributed by atoms with Gasteiger partial charge in [0.15, 0.2) is 8.32 Å². The molecule has 1 aliphatic rings. The van der Waals surface area contributed by atoms with E-state index >= 15 is 0 Å². The number of β-lactam (4-membered cyclic amide) rings is 1. The van der Waals surface area contributed by atoms with E-state index in [-0.39, 0.29) is 24.0 Å². The zero-order valence-electron chi connectivity index (χ0n) is 14.0. The van der Waals surface area contributed by atoms with Gasteiger partial charge in [-0.15, -0.1) is 0 Å². The number of rotatable bonds is 6. The van der Waals surface area contributed by atoms with Gasteiger partial charge < -0.3 is 14.5 Å². The van der Waals surface area contributed by atoms with Crippen LogP contribution in [0.4, 0.5) is 8.78 Å². The molecule has 8 heteroatoms. The van der Waals surface area contributed by atoms with E-state index in [0.29, 0.717) is 0 Å². The summed E-state index contributed by atoms with van der Waals surface area (Å²) in [5, 5.41) is 2.09. The largest absolute Gasteiger partial charge is 0.461 e. The molecule has 1 saturated heterocycles. The second-order valence-corrected chi connectivity index (χ2v) is 11.8. The molecule has 0 radical (unpaired) electrons. The van der Waals surface area contributed by atoms with E-state index in [0.717, 1.165) is 0 Å². The number of alkyl halides is 2. The molecule has 22 heavy (non-hydrogen) atoms. The monoisotopic (exact) mass is 337 g/mol. The number of ether oxygens (including phenoxy) is 1. The Kier molecular flexibility index (Phi) is 5.39. The Labute approximate surface area is 130 Å². The minimum absolute atomic E-state index is 0.0751. The molecule has 5 nitrogen and oxygen atoms in total. The van der Waals surface area contributed by atoms with Gasteiger partial charge in [-0.2, -0.15) is 8.78 Å². The van der Waals surface area contributed by atoms with Crippen LogP contribution in [0.15, 0.2) is 0 Å². The summed E-state index contributed by atoms with van der Waals surface area (Å²) < 4.78 is 39.1. The molecule has 0 unspecified atom stereocenters. The summed E-state index contributed by atoms with van der Waals surface area (Å²) in [6.45, 7) is 10.7. The maximum atomic E-state index is 14.5. The van der Waals surface area contributed by atoms with Crippen molar-refractivity contribution in [3.63, 3.8) is 0 Å². The quantitative estimate of drug-likeness (QED) is 0.459. The van der Waals surface area contributed by atoms with E-state index in [1.165, 1.54) is 6.92 Å². The van der Waals surface area contributed by atoms with Crippen molar-refractivity contribution in [3.05, 3.63) is 0 Å². The predicted molar refractivity (Wildman–Crippen MR) is 80.2 cm³/mol. The lowest BCUT2D eigenvalue weighted by molar-refractivity contribution is -0.192. The van der Waals surface area contributed by atoms with Crippen LogP contribution >= 0.6 is 0 Å². The number of amides is 1. The van der Waals surface area contributed by atoms with Crippen LogP contribution in [0.5, 0.6) is 0 Å². The Balaban J connectivity index is 3.04. The van der Waals surface area contributed by atoms with E-state index in [1.54, 1.807) is 0 Å². The van der Waals surface area contributed by atoms with Crippen molar-refractivity contribution in [1.82, 2.24) is 5.32 Å². The lowest BCUT2D eigenvalue weighted by Gasteiger charge is -2.45. The fourth-order valence-electron chi connectivity index (χ4n) is 1.81. The topological polar surface area (TPSA) is 64.6 Å². The molecule has 1 fully saturated rings. The summed E-state index contributed by atoms with van der Waals surface area (Å²) in [6.07, 6.45) is -1.78. The van der Waals surface area contributed by atoms with Gasteiger partial charge in [-0.1, -0.05) is 20.8 Å². The summed E-state index contributed by atoms with van der Waals surface area (Å²) in [5.41, 5.74) is 0. The number of carbonyl (C=O) groups is 2. The van der Waals surface area contributed by atoms with Gasteiger partial charge in [0.1, 0.15) is 6.10 Å². The van der Waals surface area contributed by atoms with E-state index in [4.69, 9.17) is 4.43 Å². The Hall–Kier alpha value is -1.02. The highest BCUT2D eigenvalue weighted by molar-refractivity contribution is 6.74. The SMILES string of the molecule is CCOC(=O)C(F)(F)[C@H](O[Si](C)(C)C(C)(C)C)[C@@H]1CC(=O)N1. The second kappa shape index (κ2) is 6.23. The number of esters is 1. The molecule has 2 atom stereocenters. The van der Waals surface area contributed by atoms with Crippen LogP contribution < -0.4 is 5.32 Å². The van der Waals surface area contributed by atoms with Gasteiger partial charge in [0, 0.05) is 6.42 Å². The molecule has 128 valence electrons. The Bertz CT molecular complexity index is 441. The van der Waals surface area contributed by atoms with Crippen LogP contribution in [0.2, 0.25) is 18.1 Å². The van der Waals surface area contributed by atoms with Crippen LogP contribution in [0, 0.1) is 0 Å². The summed E-state index contributed by atoms with van der Waals surface area (Å²) >= 11 is 0. The van der Waals surface area contributed by atoms with Crippen molar-refractivity contribution in [1.29, 1.82) is 0 Å². The third kappa shape index (κ3) is 3.84. The van der Waals surface area contributed by atoms with Crippen LogP contribution in [0.25, 0.3) is 0 Å². The van der Waals surface area contributed by atoms with Crippen LogP contribution in [0.1, 0.15) is 34.1 Å². The molecule has 0 saturated carbocycles. The van der Waals surface area contributed by atoms with Crippen molar-refractivity contribution in [2.24, 2.45) is 0 Å². The van der Waals surface area contributed by atoms with Gasteiger partial charge in [-0.25, -0.2) is 4.79 Å². The van der Waals surface area contributed by atoms with Gasteiger partial charge in [0.2, 0.25) is 5.91 Å². The lowest BCUT2D eigenvalue weighted by atomic mass is 9.95. The van der Waals surface area contributed by atoms with Crippen molar-refractivity contribution >= 4 is 20.2 Å². The number of nitrogens with one attached hydrogen (secondary N) is 1. The van der Waals surface area contributed by atoms with Gasteiger partial charge in [-0.05, 0) is 25.1 Å². The molecule has 0 aliphatic carbocycles. The molecule has 1 N–H and O–H groups in total. The fourth-order valence-corrected chi connectivity index (χ4v) is 3.12. The highest BCUT2D eigenvalue weighted by Crippen LogP contribution is 2.41. The van der Waals surface area contributed by atoms with Gasteiger partial charge in [0.05, 0.1) is 12.6 Å². The van der Waals surface area contributed by atoms with Crippen LogP contribution in [0.3, 0.4) is 0 Å². The standard InChI is InChI=1S/C14H25F2NO4Si/c1-7-20-12(19)14(15,16)11(9-8-10(18)17-9)21-22(5,6)13(2,3)4/h9,11H,7-8H2,1-6H3,(H,17,18)/t9-,11+/m0/s1. The maximum absolute atomic E-state index is 14.5. The molecule has 1 heterocycles. The van der Waals surface area contributed by atoms with Gasteiger partial charge in [0.25, 0.3) is 0 Å². The Morgan fingerprint density at radius 3 is 2.27 bits per heavy atom. The third-order valence-electron chi connectivity index (χ3n) is 4.25. The summed E-state index contributed by atoms with van der Waals surface area (Å²) in [5.74, 6) is -5.74. The molecule has 0 bridgehead atoms. The highest BCUT2D eigenvalue weighted by Gasteiger charge is 2.58. The minimum Gasteiger partial charge on any atom is -0.461 e. The normalized spacial score (nSPS) is 20.9. The second-order valence-electron chi connectivity index (χ2n) is 7.02. The van der Waals surface area contributed by atoms with Gasteiger partial charge in [-0.3, -0.25) is 4.79 Å². The number of halogens is 2. The Morgan fingerprint density at radius 2 is 1.91 bits per heavy atom. The van der Waals surface area contributed by atoms with Crippen molar-refractivity contribution in [2.75, 3.05) is 6.61 Å². The number of carbonyl (C=O) groups excluding carboxylic acids is 2. The zero-order valence-corrected chi connectivity index (χ0v) is 15.0. The zero-order chi connectivity index (χ0) is 17.3. The van der Waals surface area contributed by atoms with E-state index in [9.17, 15) is 18.4 Å². The first-order chi connectivity index (χ1) is 9.83. The minimum atomic E-state index is -3.80. The molecular weight excluding hydrogens is 312 g/mol. The third-order valence-corrected chi connectivity index (χ3v) is 8.71. The van der Waals surface area contributed by atoms with E-state index in [2.05, 4.69) is 10.1 Å². The number of hydrogen-bond acceptors (Lipinski definition) is 4. The van der Waals surface area contributed by atoms with Gasteiger partial charge >= 0.3 is 11.9 Å². The van der Waals surface area contributed by atoms with E-state index < -0.39 is 32.4 Å². The first kappa shape index (κ1) is 19.0. The van der Waals surface area contributed by atoms with Crippen LogP contribution in [-0.4, -0.2) is 44.9 Å². The summed E-state index contributed by atoms with van der Waals surface area (Å²) in [6, 6.07) is -0.874. The Morgan fingerprint density at radius 1 is 1.41 bits per heavy atom. The van der Waals surface area contributed by atoms with Crippen molar-refractivity contribution in [2.45, 2.75) is 70.3 Å². The molecular formula is C14H25F2NO4Si. The molecule has 0 aromatic rings. The average Bonchev–Trinajstić information content (AvgIpc) is 2.31. The smallest absolute Gasteiger partial charge is 0.379 e. The fraction of sp³-hybridized carbons (Fsp3) is 0.857. The highest BCUT2D eigenvalue weighted by atomic mass is 28.4. The average molecular weight is 337 g/mol. The molecule has 0 aromatic heterocycles. The first-order valence-electron chi connectivity index (χ1n) is 7.35.